The van der Waals surface area contributed by atoms with Crippen LogP contribution in [-0.2, 0) is 42.7 Å². The van der Waals surface area contributed by atoms with Gasteiger partial charge in [0.05, 0.1) is 6.61 Å². The zero-order valence-electron chi connectivity index (χ0n) is 10.7. The van der Waals surface area contributed by atoms with Crippen molar-refractivity contribution in [2.45, 2.75) is 24.4 Å². The van der Waals surface area contributed by atoms with Gasteiger partial charge >= 0.3 is 27.5 Å². The molecular formula is C6H14CuO14S2. The molecule has 0 aliphatic rings. The Kier molecular flexibility index (Phi) is 18.8. The summed E-state index contributed by atoms with van der Waals surface area (Å²) in [5.74, 6) is 0. The molecule has 4 unspecified atom stereocenters. The minimum Gasteiger partial charge on any atom is -0.759 e. The SMILES string of the molecule is O=CC(O)C(O)C(O)C(O)CO.O=S(=O)(O)O.O=S(=O)([O-])[O-].[Cu+2]. The fraction of sp³-hybridized carbons (Fsp3) is 0.833. The van der Waals surface area contributed by atoms with Gasteiger partial charge in [0.15, 0.2) is 6.29 Å². The summed E-state index contributed by atoms with van der Waals surface area (Å²) in [7, 11) is -9.83. The molecule has 0 bridgehead atoms. The first-order valence-corrected chi connectivity index (χ1v) is 7.42. The van der Waals surface area contributed by atoms with Gasteiger partial charge in [-0.2, -0.15) is 8.42 Å². The van der Waals surface area contributed by atoms with Crippen LogP contribution in [0.2, 0.25) is 0 Å². The van der Waals surface area contributed by atoms with Gasteiger partial charge < -0.3 is 39.4 Å². The Balaban J connectivity index is -0.000000137. The predicted molar refractivity (Wildman–Crippen MR) is 61.8 cm³/mol. The summed E-state index contributed by atoms with van der Waals surface area (Å²) in [6.07, 6.45) is -6.84. The molecule has 0 aromatic rings. The smallest absolute Gasteiger partial charge is 0.759 e. The summed E-state index contributed by atoms with van der Waals surface area (Å²) in [6.45, 7) is -0.760. The van der Waals surface area contributed by atoms with Crippen molar-refractivity contribution in [3.63, 3.8) is 0 Å². The van der Waals surface area contributed by atoms with E-state index in [1.165, 1.54) is 0 Å². The molecular weight excluding hydrogens is 424 g/mol. The van der Waals surface area contributed by atoms with Crippen LogP contribution >= 0.6 is 0 Å². The quantitative estimate of drug-likeness (QED) is 0.0914. The monoisotopic (exact) mass is 437 g/mol. The molecule has 0 aliphatic carbocycles. The van der Waals surface area contributed by atoms with E-state index < -0.39 is 51.8 Å². The molecule has 0 aliphatic heterocycles. The van der Waals surface area contributed by atoms with Crippen molar-refractivity contribution < 1.29 is 82.4 Å². The van der Waals surface area contributed by atoms with Crippen LogP contribution in [0.25, 0.3) is 0 Å². The molecule has 0 aromatic heterocycles. The fourth-order valence-corrected chi connectivity index (χ4v) is 0.618. The van der Waals surface area contributed by atoms with Crippen molar-refractivity contribution >= 4 is 27.1 Å². The van der Waals surface area contributed by atoms with Crippen LogP contribution in [0, 0.1) is 0 Å². The Hall–Kier alpha value is -0.271. The van der Waals surface area contributed by atoms with E-state index in [2.05, 4.69) is 0 Å². The van der Waals surface area contributed by atoms with Gasteiger partial charge in [-0.05, 0) is 0 Å². The summed E-state index contributed by atoms with van der Waals surface area (Å²) in [5.41, 5.74) is 0. The molecule has 0 heterocycles. The molecule has 7 N–H and O–H groups in total. The molecule has 14 nitrogen and oxygen atoms in total. The molecule has 0 rings (SSSR count). The Morgan fingerprint density at radius 1 is 0.913 bits per heavy atom. The third kappa shape index (κ3) is 34.2. The first-order chi connectivity index (χ1) is 9.54. The van der Waals surface area contributed by atoms with Gasteiger partial charge in [-0.15, -0.1) is 0 Å². The summed E-state index contributed by atoms with van der Waals surface area (Å²) < 4.78 is 65.7. The van der Waals surface area contributed by atoms with Crippen molar-refractivity contribution in [1.29, 1.82) is 0 Å². The minimum absolute atomic E-state index is 0. The number of hydrogen-bond acceptors (Lipinski definition) is 12. The summed E-state index contributed by atoms with van der Waals surface area (Å²) in [6, 6.07) is 0. The Labute approximate surface area is 141 Å². The van der Waals surface area contributed by atoms with E-state index in [0.29, 0.717) is 0 Å². The third-order valence-corrected chi connectivity index (χ3v) is 1.42. The van der Waals surface area contributed by atoms with E-state index in [4.69, 9.17) is 60.6 Å². The average Bonchev–Trinajstić information content (AvgIpc) is 2.30. The first-order valence-electron chi connectivity index (χ1n) is 4.69. The Bertz CT molecular complexity index is 441. The second-order valence-corrected chi connectivity index (χ2v) is 4.93. The maximum absolute atomic E-state index is 9.90. The van der Waals surface area contributed by atoms with Crippen LogP contribution < -0.4 is 0 Å². The predicted octanol–water partition coefficient (Wildman–Crippen LogP) is -5.37. The second kappa shape index (κ2) is 14.1. The van der Waals surface area contributed by atoms with Crippen LogP contribution in [0.5, 0.6) is 0 Å². The van der Waals surface area contributed by atoms with E-state index in [-0.39, 0.29) is 23.4 Å². The molecule has 23 heavy (non-hydrogen) atoms. The van der Waals surface area contributed by atoms with Gasteiger partial charge in [-0.25, -0.2) is 0 Å². The van der Waals surface area contributed by atoms with Gasteiger partial charge in [0, 0.05) is 10.4 Å². The van der Waals surface area contributed by atoms with Crippen LogP contribution in [0.3, 0.4) is 0 Å². The van der Waals surface area contributed by atoms with Crippen LogP contribution in [0.15, 0.2) is 0 Å². The van der Waals surface area contributed by atoms with Crippen molar-refractivity contribution in [3.8, 4) is 0 Å². The maximum Gasteiger partial charge on any atom is 2.00 e. The molecule has 0 saturated heterocycles. The standard InChI is InChI=1S/C6H12O6.Cu.2H2O4S/c7-1-3(9)5(11)6(12)4(10)2-8;;2*1-5(2,3)4/h1,3-6,8-12H,2H2;;2*(H2,1,2,3,4)/q;+2;;/p-2. The van der Waals surface area contributed by atoms with E-state index in [1.807, 2.05) is 0 Å². The zero-order valence-corrected chi connectivity index (χ0v) is 13.3. The fourth-order valence-electron chi connectivity index (χ4n) is 0.618. The topological polar surface area (TPSA) is 273 Å². The largest absolute Gasteiger partial charge is 2.00 e. The second-order valence-electron chi connectivity index (χ2n) is 3.21. The van der Waals surface area contributed by atoms with Crippen LogP contribution in [-0.4, -0.2) is 97.9 Å². The first kappa shape index (κ1) is 30.6. The van der Waals surface area contributed by atoms with Gasteiger partial charge in [0.25, 0.3) is 0 Å². The summed E-state index contributed by atoms with van der Waals surface area (Å²) in [5, 5.41) is 43.5. The number of aldehydes is 1. The molecule has 0 spiro atoms. The summed E-state index contributed by atoms with van der Waals surface area (Å²) >= 11 is 0. The van der Waals surface area contributed by atoms with Crippen molar-refractivity contribution in [3.05, 3.63) is 0 Å². The normalized spacial score (nSPS) is 16.0. The number of carbonyl (C=O) groups excluding carboxylic acids is 1. The van der Waals surface area contributed by atoms with E-state index in [1.54, 1.807) is 0 Å². The van der Waals surface area contributed by atoms with Crippen molar-refractivity contribution in [1.82, 2.24) is 0 Å². The molecule has 1 radical (unpaired) electrons. The molecule has 17 heteroatoms. The number of carbonyl (C=O) groups is 1. The van der Waals surface area contributed by atoms with Crippen molar-refractivity contribution in [2.75, 3.05) is 6.61 Å². The van der Waals surface area contributed by atoms with Gasteiger partial charge in [0.1, 0.15) is 24.4 Å². The third-order valence-electron chi connectivity index (χ3n) is 1.42. The summed E-state index contributed by atoms with van der Waals surface area (Å²) in [4.78, 5) is 9.90. The number of hydrogen-bond donors (Lipinski definition) is 7. The molecule has 0 saturated carbocycles. The Morgan fingerprint density at radius 3 is 1.35 bits per heavy atom. The Morgan fingerprint density at radius 2 is 1.17 bits per heavy atom. The van der Waals surface area contributed by atoms with Gasteiger partial charge in [0.2, 0.25) is 0 Å². The van der Waals surface area contributed by atoms with Crippen LogP contribution in [0.1, 0.15) is 0 Å². The van der Waals surface area contributed by atoms with E-state index >= 15 is 0 Å². The van der Waals surface area contributed by atoms with Gasteiger partial charge in [-0.3, -0.25) is 17.5 Å². The number of aliphatic hydroxyl groups excluding tert-OH is 5. The molecule has 145 valence electrons. The zero-order chi connectivity index (χ0) is 18.7. The van der Waals surface area contributed by atoms with Gasteiger partial charge in [-0.1, -0.05) is 0 Å². The van der Waals surface area contributed by atoms with Crippen LogP contribution in [0.4, 0.5) is 0 Å². The number of rotatable bonds is 5. The van der Waals surface area contributed by atoms with Crippen molar-refractivity contribution in [2.24, 2.45) is 0 Å². The molecule has 0 fully saturated rings. The maximum atomic E-state index is 9.90. The molecule has 0 amide bonds. The van der Waals surface area contributed by atoms with E-state index in [0.717, 1.165) is 0 Å². The van der Waals surface area contributed by atoms with E-state index in [9.17, 15) is 4.79 Å². The molecule has 4 atom stereocenters. The molecule has 0 aromatic carbocycles. The number of aliphatic hydroxyl groups is 5. The average molecular weight is 438 g/mol. The minimum atomic E-state index is -5.17.